The van der Waals surface area contributed by atoms with E-state index in [1.54, 1.807) is 36.6 Å². The number of H-pyrrole nitrogens is 2. The van der Waals surface area contributed by atoms with Crippen LogP contribution in [0.5, 0.6) is 0 Å². The van der Waals surface area contributed by atoms with Crippen LogP contribution in [-0.2, 0) is 4.79 Å². The van der Waals surface area contributed by atoms with Crippen LogP contribution in [0.25, 0.3) is 16.7 Å². The fourth-order valence-corrected chi connectivity index (χ4v) is 3.33. The first-order valence-electron chi connectivity index (χ1n) is 8.79. The van der Waals surface area contributed by atoms with Crippen LogP contribution < -0.4 is 0 Å². The molecule has 3 N–H and O–H groups in total. The second-order valence-electron chi connectivity index (χ2n) is 6.61. The molecule has 0 spiro atoms. The molecule has 0 fully saturated rings. The third kappa shape index (κ3) is 3.29. The Kier molecular flexibility index (Phi) is 4.66. The Bertz CT molecular complexity index is 1230. The molecule has 0 radical (unpaired) electrons. The van der Waals surface area contributed by atoms with E-state index in [2.05, 4.69) is 30.7 Å². The zero-order valence-corrected chi connectivity index (χ0v) is 16.3. The number of halogens is 1. The summed E-state index contributed by atoms with van der Waals surface area (Å²) in [7, 11) is 0. The molecule has 11 nitrogen and oxygen atoms in total. The van der Waals surface area contributed by atoms with Gasteiger partial charge in [0.05, 0.1) is 18.2 Å². The van der Waals surface area contributed by atoms with Gasteiger partial charge in [0, 0.05) is 12.1 Å². The SMILES string of the molecule is Cc1[nH]n2c(C(C)N(CCC(=O)O)C(=O)c3ccc4n[nH]nc4c3)nnc2c1Cl. The molecule has 0 aliphatic rings. The molecule has 150 valence electrons. The number of aliphatic carboxylic acids is 1. The first-order valence-corrected chi connectivity index (χ1v) is 9.17. The molecule has 0 aliphatic carbocycles. The number of carboxylic acids is 1. The number of benzene rings is 1. The molecular weight excluding hydrogens is 400 g/mol. The van der Waals surface area contributed by atoms with Crippen molar-refractivity contribution in [1.29, 1.82) is 0 Å². The van der Waals surface area contributed by atoms with Gasteiger partial charge in [0.1, 0.15) is 16.1 Å². The van der Waals surface area contributed by atoms with Gasteiger partial charge in [-0.3, -0.25) is 14.7 Å². The van der Waals surface area contributed by atoms with E-state index in [0.717, 1.165) is 0 Å². The van der Waals surface area contributed by atoms with Crippen LogP contribution in [0.2, 0.25) is 5.02 Å². The number of hydrogen-bond donors (Lipinski definition) is 3. The minimum atomic E-state index is -1.01. The van der Waals surface area contributed by atoms with Crippen molar-refractivity contribution in [3.8, 4) is 0 Å². The van der Waals surface area contributed by atoms with Crippen molar-refractivity contribution in [2.24, 2.45) is 0 Å². The third-order valence-electron chi connectivity index (χ3n) is 4.73. The van der Waals surface area contributed by atoms with Crippen molar-refractivity contribution in [2.45, 2.75) is 26.3 Å². The van der Waals surface area contributed by atoms with Gasteiger partial charge in [-0.05, 0) is 32.0 Å². The number of fused-ring (bicyclic) bond motifs is 2. The normalized spacial score (nSPS) is 12.5. The number of amides is 1. The fourth-order valence-electron chi connectivity index (χ4n) is 3.17. The van der Waals surface area contributed by atoms with Crippen LogP contribution in [0.4, 0.5) is 0 Å². The van der Waals surface area contributed by atoms with E-state index in [-0.39, 0.29) is 18.9 Å². The van der Waals surface area contributed by atoms with Crippen molar-refractivity contribution in [3.05, 3.63) is 40.3 Å². The molecule has 1 atom stereocenters. The standard InChI is InChI=1S/C17H17ClN8O3/c1-8-14(18)16-22-21-15(26(16)23-8)9(2)25(6-5-13(27)28)17(29)10-3-4-11-12(7-10)20-24-19-11/h3-4,7,9,23H,5-6H2,1-2H3,(H,27,28)(H,19,20,24). The molecule has 3 aromatic heterocycles. The first kappa shape index (κ1) is 18.9. The second kappa shape index (κ2) is 7.17. The summed E-state index contributed by atoms with van der Waals surface area (Å²) < 4.78 is 1.60. The second-order valence-corrected chi connectivity index (χ2v) is 6.99. The lowest BCUT2D eigenvalue weighted by molar-refractivity contribution is -0.137. The number of nitrogens with one attached hydrogen (secondary N) is 2. The van der Waals surface area contributed by atoms with Crippen LogP contribution in [0.3, 0.4) is 0 Å². The smallest absolute Gasteiger partial charge is 0.305 e. The maximum atomic E-state index is 13.2. The number of aromatic amines is 2. The van der Waals surface area contributed by atoms with Crippen molar-refractivity contribution < 1.29 is 14.7 Å². The molecule has 0 aliphatic heterocycles. The predicted molar refractivity (Wildman–Crippen MR) is 103 cm³/mol. The molecule has 12 heteroatoms. The summed E-state index contributed by atoms with van der Waals surface area (Å²) in [6, 6.07) is 4.34. The number of nitrogens with zero attached hydrogens (tertiary/aromatic N) is 6. The maximum Gasteiger partial charge on any atom is 0.305 e. The van der Waals surface area contributed by atoms with Gasteiger partial charge < -0.3 is 10.0 Å². The highest BCUT2D eigenvalue weighted by molar-refractivity contribution is 6.34. The van der Waals surface area contributed by atoms with Crippen molar-refractivity contribution in [2.75, 3.05) is 6.54 Å². The van der Waals surface area contributed by atoms with Gasteiger partial charge in [-0.15, -0.1) is 10.2 Å². The number of aryl methyl sites for hydroxylation is 1. The molecule has 29 heavy (non-hydrogen) atoms. The quantitative estimate of drug-likeness (QED) is 0.435. The fraction of sp³-hybridized carbons (Fsp3) is 0.294. The Labute approximate surface area is 168 Å². The maximum absolute atomic E-state index is 13.2. The average molecular weight is 417 g/mol. The molecule has 0 bridgehead atoms. The van der Waals surface area contributed by atoms with Gasteiger partial charge in [0.15, 0.2) is 11.5 Å². The van der Waals surface area contributed by atoms with E-state index in [0.29, 0.717) is 38.8 Å². The minimum Gasteiger partial charge on any atom is -0.481 e. The van der Waals surface area contributed by atoms with Gasteiger partial charge in [0.2, 0.25) is 0 Å². The van der Waals surface area contributed by atoms with Crippen molar-refractivity contribution in [1.82, 2.24) is 40.1 Å². The van der Waals surface area contributed by atoms with Gasteiger partial charge >= 0.3 is 5.97 Å². The monoisotopic (exact) mass is 416 g/mol. The number of hydrogen-bond acceptors (Lipinski definition) is 6. The summed E-state index contributed by atoms with van der Waals surface area (Å²) in [6.45, 7) is 3.55. The summed E-state index contributed by atoms with van der Waals surface area (Å²) >= 11 is 6.22. The average Bonchev–Trinajstić information content (AvgIpc) is 3.38. The summed E-state index contributed by atoms with van der Waals surface area (Å²) in [6.07, 6.45) is -0.214. The van der Waals surface area contributed by atoms with Crippen LogP contribution in [0.1, 0.15) is 41.3 Å². The number of aromatic nitrogens is 7. The van der Waals surface area contributed by atoms with Gasteiger partial charge in [-0.25, -0.2) is 4.52 Å². The molecule has 4 aromatic rings. The Morgan fingerprint density at radius 3 is 2.79 bits per heavy atom. The van der Waals surface area contributed by atoms with E-state index in [9.17, 15) is 9.59 Å². The van der Waals surface area contributed by atoms with E-state index in [4.69, 9.17) is 16.7 Å². The van der Waals surface area contributed by atoms with Crippen molar-refractivity contribution in [3.63, 3.8) is 0 Å². The van der Waals surface area contributed by atoms with Gasteiger partial charge in [-0.2, -0.15) is 15.4 Å². The third-order valence-corrected chi connectivity index (χ3v) is 5.18. The molecule has 3 heterocycles. The number of rotatable bonds is 6. The summed E-state index contributed by atoms with van der Waals surface area (Å²) in [4.78, 5) is 25.8. The van der Waals surface area contributed by atoms with Crippen LogP contribution >= 0.6 is 11.6 Å². The lowest BCUT2D eigenvalue weighted by Gasteiger charge is -2.27. The van der Waals surface area contributed by atoms with Crippen LogP contribution in [-0.4, -0.2) is 63.6 Å². The summed E-state index contributed by atoms with van der Waals surface area (Å²) in [5.74, 6) is -0.918. The Morgan fingerprint density at radius 2 is 2.03 bits per heavy atom. The highest BCUT2D eigenvalue weighted by atomic mass is 35.5. The molecule has 1 amide bonds. The Morgan fingerprint density at radius 1 is 1.28 bits per heavy atom. The van der Waals surface area contributed by atoms with E-state index in [1.807, 2.05) is 0 Å². The molecule has 1 unspecified atom stereocenters. The first-order chi connectivity index (χ1) is 13.9. The van der Waals surface area contributed by atoms with E-state index < -0.39 is 12.0 Å². The largest absolute Gasteiger partial charge is 0.481 e. The number of carbonyl (C=O) groups excluding carboxylic acids is 1. The summed E-state index contributed by atoms with van der Waals surface area (Å²) in [5, 5.41) is 31.3. The Balaban J connectivity index is 1.72. The predicted octanol–water partition coefficient (Wildman–Crippen LogP) is 1.97. The lowest BCUT2D eigenvalue weighted by Crippen LogP contribution is -2.36. The zero-order chi connectivity index (χ0) is 20.7. The van der Waals surface area contributed by atoms with E-state index >= 15 is 0 Å². The number of carbonyl (C=O) groups is 2. The van der Waals surface area contributed by atoms with Gasteiger partial charge in [-0.1, -0.05) is 11.6 Å². The lowest BCUT2D eigenvalue weighted by atomic mass is 10.1. The molecule has 0 saturated heterocycles. The van der Waals surface area contributed by atoms with Crippen molar-refractivity contribution >= 4 is 40.2 Å². The highest BCUT2D eigenvalue weighted by Crippen LogP contribution is 2.26. The topological polar surface area (TPSA) is 145 Å². The Hall–Kier alpha value is -3.47. The molecule has 4 rings (SSSR count). The summed E-state index contributed by atoms with van der Waals surface area (Å²) in [5.41, 5.74) is 2.69. The highest BCUT2D eigenvalue weighted by Gasteiger charge is 2.28. The van der Waals surface area contributed by atoms with Gasteiger partial charge in [0.25, 0.3) is 5.91 Å². The molecule has 0 saturated carbocycles. The van der Waals surface area contributed by atoms with Crippen LogP contribution in [0, 0.1) is 6.92 Å². The zero-order valence-electron chi connectivity index (χ0n) is 15.5. The molecule has 1 aromatic carbocycles. The number of carboxylic acid groups (broad SMARTS) is 1. The van der Waals surface area contributed by atoms with Crippen LogP contribution in [0.15, 0.2) is 18.2 Å². The molecular formula is C17H17ClN8O3. The van der Waals surface area contributed by atoms with E-state index in [1.165, 1.54) is 4.90 Å². The minimum absolute atomic E-state index is 0.00543.